The lowest BCUT2D eigenvalue weighted by Crippen LogP contribution is -2.13. The number of sulfonamides is 1. The average Bonchev–Trinajstić information content (AvgIpc) is 2.52. The molecule has 0 saturated carbocycles. The van der Waals surface area contributed by atoms with Gasteiger partial charge in [0.1, 0.15) is 0 Å². The fourth-order valence-corrected chi connectivity index (χ4v) is 2.90. The second-order valence-electron chi connectivity index (χ2n) is 4.51. The molecule has 0 saturated heterocycles. The number of nitrogens with zero attached hydrogens (tertiary/aromatic N) is 2. The van der Waals surface area contributed by atoms with Crippen molar-refractivity contribution in [3.05, 3.63) is 47.8 Å². The van der Waals surface area contributed by atoms with E-state index in [2.05, 4.69) is 9.97 Å². The second kappa shape index (κ2) is 6.99. The second-order valence-corrected chi connectivity index (χ2v) is 7.02. The minimum Gasteiger partial charge on any atom is -0.293 e. The molecule has 0 bridgehead atoms. The molecule has 1 aromatic heterocycles. The first-order chi connectivity index (χ1) is 10.4. The fraction of sp³-hybridized carbons (Fsp3) is 0.214. The van der Waals surface area contributed by atoms with Gasteiger partial charge in [-0.15, -0.1) is 0 Å². The Bertz CT molecular complexity index is 774. The summed E-state index contributed by atoms with van der Waals surface area (Å²) < 4.78 is 22.6. The highest BCUT2D eigenvalue weighted by molar-refractivity contribution is 7.99. The number of aryl methyl sites for hydroxylation is 1. The van der Waals surface area contributed by atoms with Gasteiger partial charge in [0.15, 0.2) is 10.9 Å². The normalized spacial score (nSPS) is 11.4. The summed E-state index contributed by atoms with van der Waals surface area (Å²) in [5.74, 6) is -0.0850. The van der Waals surface area contributed by atoms with E-state index in [0.717, 1.165) is 12.0 Å². The summed E-state index contributed by atoms with van der Waals surface area (Å²) in [5, 5.41) is 5.56. The smallest absolute Gasteiger partial charge is 0.238 e. The molecule has 1 heterocycles. The largest absolute Gasteiger partial charge is 0.293 e. The number of carbonyl (C=O) groups excluding carboxylic acids is 1. The molecule has 1 aromatic carbocycles. The van der Waals surface area contributed by atoms with Crippen molar-refractivity contribution in [1.29, 1.82) is 0 Å². The van der Waals surface area contributed by atoms with Gasteiger partial charge in [0.2, 0.25) is 10.0 Å². The van der Waals surface area contributed by atoms with Gasteiger partial charge in [0.25, 0.3) is 0 Å². The van der Waals surface area contributed by atoms with Gasteiger partial charge in [-0.05, 0) is 24.1 Å². The minimum atomic E-state index is -3.82. The zero-order chi connectivity index (χ0) is 16.2. The van der Waals surface area contributed by atoms with Crippen LogP contribution in [0.3, 0.4) is 0 Å². The highest BCUT2D eigenvalue weighted by atomic mass is 32.2. The van der Waals surface area contributed by atoms with Crippen LogP contribution in [0.15, 0.2) is 46.7 Å². The van der Waals surface area contributed by atoms with E-state index >= 15 is 0 Å². The Morgan fingerprint density at radius 2 is 1.95 bits per heavy atom. The molecular formula is C14H15N3O3S2. The van der Waals surface area contributed by atoms with E-state index < -0.39 is 10.0 Å². The van der Waals surface area contributed by atoms with E-state index in [9.17, 15) is 13.2 Å². The van der Waals surface area contributed by atoms with Crippen LogP contribution in [-0.2, 0) is 16.4 Å². The van der Waals surface area contributed by atoms with Crippen molar-refractivity contribution in [3.8, 4) is 0 Å². The van der Waals surface area contributed by atoms with Crippen LogP contribution < -0.4 is 5.14 Å². The summed E-state index contributed by atoms with van der Waals surface area (Å²) >= 11 is 1.20. The molecule has 0 radical (unpaired) electrons. The van der Waals surface area contributed by atoms with E-state index in [4.69, 9.17) is 5.14 Å². The molecule has 0 unspecified atom stereocenters. The van der Waals surface area contributed by atoms with Gasteiger partial charge in [0.05, 0.1) is 10.6 Å². The van der Waals surface area contributed by atoms with Crippen molar-refractivity contribution < 1.29 is 13.2 Å². The lowest BCUT2D eigenvalue weighted by molar-refractivity contribution is 0.102. The van der Waals surface area contributed by atoms with Gasteiger partial charge in [-0.1, -0.05) is 30.8 Å². The summed E-state index contributed by atoms with van der Waals surface area (Å²) in [6.07, 6.45) is 4.30. The standard InChI is InChI=1S/C14H15N3O3S2/c1-2-10-7-16-14(17-8-10)21-9-13(18)11-4-3-5-12(6-11)22(15,19)20/h3-8H,2,9H2,1H3,(H2,15,19,20). The molecule has 0 aliphatic heterocycles. The fourth-order valence-electron chi connectivity index (χ4n) is 1.66. The number of nitrogens with two attached hydrogens (primary N) is 1. The van der Waals surface area contributed by atoms with Crippen molar-refractivity contribution in [3.63, 3.8) is 0 Å². The Morgan fingerprint density at radius 3 is 2.55 bits per heavy atom. The summed E-state index contributed by atoms with van der Waals surface area (Å²) in [4.78, 5) is 20.3. The Kier molecular flexibility index (Phi) is 5.28. The highest BCUT2D eigenvalue weighted by Crippen LogP contribution is 2.16. The van der Waals surface area contributed by atoms with Crippen LogP contribution in [0.1, 0.15) is 22.8 Å². The number of thioether (sulfide) groups is 1. The van der Waals surface area contributed by atoms with E-state index in [1.807, 2.05) is 6.92 Å². The van der Waals surface area contributed by atoms with Crippen molar-refractivity contribution in [2.24, 2.45) is 5.14 Å². The van der Waals surface area contributed by atoms with E-state index in [1.165, 1.54) is 30.0 Å². The summed E-state index contributed by atoms with van der Waals surface area (Å²) in [6, 6.07) is 5.67. The van der Waals surface area contributed by atoms with Crippen LogP contribution in [0, 0.1) is 0 Å². The van der Waals surface area contributed by atoms with Gasteiger partial charge >= 0.3 is 0 Å². The molecule has 22 heavy (non-hydrogen) atoms. The predicted molar refractivity (Wildman–Crippen MR) is 84.3 cm³/mol. The first kappa shape index (κ1) is 16.6. The third-order valence-electron chi connectivity index (χ3n) is 2.91. The lowest BCUT2D eigenvalue weighted by Gasteiger charge is -2.03. The third kappa shape index (κ3) is 4.36. The Morgan fingerprint density at radius 1 is 1.27 bits per heavy atom. The number of benzene rings is 1. The maximum absolute atomic E-state index is 12.1. The summed E-state index contributed by atoms with van der Waals surface area (Å²) in [7, 11) is -3.82. The van der Waals surface area contributed by atoms with E-state index in [0.29, 0.717) is 10.7 Å². The number of ketones is 1. The zero-order valence-corrected chi connectivity index (χ0v) is 13.5. The average molecular weight is 337 g/mol. The topological polar surface area (TPSA) is 103 Å². The molecule has 6 nitrogen and oxygen atoms in total. The number of hydrogen-bond acceptors (Lipinski definition) is 6. The first-order valence-electron chi connectivity index (χ1n) is 6.50. The van der Waals surface area contributed by atoms with Crippen LogP contribution in [0.4, 0.5) is 0 Å². The van der Waals surface area contributed by atoms with Crippen LogP contribution in [0.5, 0.6) is 0 Å². The van der Waals surface area contributed by atoms with Crippen molar-refractivity contribution in [1.82, 2.24) is 9.97 Å². The van der Waals surface area contributed by atoms with E-state index in [1.54, 1.807) is 18.5 Å². The van der Waals surface area contributed by atoms with E-state index in [-0.39, 0.29) is 16.4 Å². The molecule has 2 N–H and O–H groups in total. The van der Waals surface area contributed by atoms with Gasteiger partial charge in [-0.25, -0.2) is 23.5 Å². The molecule has 0 amide bonds. The molecule has 0 aliphatic rings. The quantitative estimate of drug-likeness (QED) is 0.488. The number of rotatable bonds is 6. The minimum absolute atomic E-state index is 0.0769. The maximum Gasteiger partial charge on any atom is 0.238 e. The summed E-state index contributed by atoms with van der Waals surface area (Å²) in [6.45, 7) is 2.01. The molecule has 2 aromatic rings. The number of carbonyl (C=O) groups is 1. The van der Waals surface area contributed by atoms with Crippen molar-refractivity contribution >= 4 is 27.6 Å². The van der Waals surface area contributed by atoms with Gasteiger partial charge in [-0.2, -0.15) is 0 Å². The van der Waals surface area contributed by atoms with Crippen LogP contribution >= 0.6 is 11.8 Å². The molecule has 8 heteroatoms. The Labute approximate surface area is 133 Å². The number of aromatic nitrogens is 2. The van der Waals surface area contributed by atoms with Crippen LogP contribution in [0.2, 0.25) is 0 Å². The zero-order valence-electron chi connectivity index (χ0n) is 11.9. The molecule has 116 valence electrons. The van der Waals surface area contributed by atoms with Crippen molar-refractivity contribution in [2.75, 3.05) is 5.75 Å². The Balaban J connectivity index is 2.06. The number of hydrogen-bond donors (Lipinski definition) is 1. The Hall–Kier alpha value is -1.77. The highest BCUT2D eigenvalue weighted by Gasteiger charge is 2.13. The van der Waals surface area contributed by atoms with Crippen LogP contribution in [0.25, 0.3) is 0 Å². The molecule has 0 atom stereocenters. The van der Waals surface area contributed by atoms with Gasteiger partial charge in [0, 0.05) is 18.0 Å². The molecular weight excluding hydrogens is 322 g/mol. The lowest BCUT2D eigenvalue weighted by atomic mass is 10.1. The predicted octanol–water partition coefficient (Wildman–Crippen LogP) is 1.66. The van der Waals surface area contributed by atoms with Gasteiger partial charge in [-0.3, -0.25) is 4.79 Å². The monoisotopic (exact) mass is 337 g/mol. The number of Topliss-reactive ketones (excluding diaryl/α,β-unsaturated/α-hetero) is 1. The third-order valence-corrected chi connectivity index (χ3v) is 4.69. The molecule has 2 rings (SSSR count). The number of primary sulfonamides is 1. The molecule has 0 fully saturated rings. The molecule has 0 aliphatic carbocycles. The summed E-state index contributed by atoms with van der Waals surface area (Å²) in [5.41, 5.74) is 1.32. The van der Waals surface area contributed by atoms with Gasteiger partial charge < -0.3 is 0 Å². The van der Waals surface area contributed by atoms with Crippen molar-refractivity contribution in [2.45, 2.75) is 23.4 Å². The van der Waals surface area contributed by atoms with Crippen LogP contribution in [-0.4, -0.2) is 29.9 Å². The maximum atomic E-state index is 12.1. The molecule has 0 spiro atoms. The first-order valence-corrected chi connectivity index (χ1v) is 9.03. The SMILES string of the molecule is CCc1cnc(SCC(=O)c2cccc(S(N)(=O)=O)c2)nc1.